The van der Waals surface area contributed by atoms with Gasteiger partial charge in [0, 0.05) is 22.2 Å². The maximum Gasteiger partial charge on any atom is 0.0541 e. The Morgan fingerprint density at radius 2 is 1.46 bits per heavy atom. The van der Waals surface area contributed by atoms with Crippen LogP contribution in [0.1, 0.15) is 18.4 Å². The number of rotatable bonds is 2. The summed E-state index contributed by atoms with van der Waals surface area (Å²) in [5.41, 5.74) is 13.1. The van der Waals surface area contributed by atoms with Gasteiger partial charge in [0.15, 0.2) is 0 Å². The Bertz CT molecular complexity index is 1140. The molecule has 0 unspecified atom stereocenters. The summed E-state index contributed by atoms with van der Waals surface area (Å²) in [5, 5.41) is 2.57. The molecule has 26 heavy (non-hydrogen) atoms. The van der Waals surface area contributed by atoms with Gasteiger partial charge in [-0.2, -0.15) is 0 Å². The molecule has 4 aromatic rings. The van der Waals surface area contributed by atoms with Crippen molar-refractivity contribution in [2.75, 3.05) is 0 Å². The van der Waals surface area contributed by atoms with Crippen LogP contribution in [0.25, 0.3) is 33.1 Å². The average Bonchev–Trinajstić information content (AvgIpc) is 3.03. The number of allylic oxidation sites excluding steroid dienone is 4. The molecule has 2 N–H and O–H groups in total. The Hall–Kier alpha value is -3.26. The third kappa shape index (κ3) is 2.34. The third-order valence-electron chi connectivity index (χ3n) is 5.16. The predicted octanol–water partition coefficient (Wildman–Crippen LogP) is 5.80. The first-order valence-electron chi connectivity index (χ1n) is 9.06. The van der Waals surface area contributed by atoms with E-state index in [4.69, 9.17) is 5.73 Å². The summed E-state index contributed by atoms with van der Waals surface area (Å²) in [7, 11) is 0. The lowest BCUT2D eigenvalue weighted by atomic mass is 9.97. The molecule has 0 saturated carbocycles. The molecule has 0 saturated heterocycles. The normalized spacial score (nSPS) is 14.5. The lowest BCUT2D eigenvalue weighted by molar-refractivity contribution is 0.948. The number of hydrogen-bond donors (Lipinski definition) is 1. The van der Waals surface area contributed by atoms with Crippen molar-refractivity contribution in [2.24, 2.45) is 5.73 Å². The maximum atomic E-state index is 6.06. The molecule has 0 radical (unpaired) electrons. The van der Waals surface area contributed by atoms with Gasteiger partial charge in [-0.1, -0.05) is 54.6 Å². The van der Waals surface area contributed by atoms with E-state index in [0.29, 0.717) is 0 Å². The molecular weight excluding hydrogens is 316 g/mol. The fourth-order valence-electron chi connectivity index (χ4n) is 3.95. The number of hydrogen-bond acceptors (Lipinski definition) is 1. The van der Waals surface area contributed by atoms with Gasteiger partial charge < -0.3 is 10.3 Å². The van der Waals surface area contributed by atoms with Gasteiger partial charge in [0.1, 0.15) is 0 Å². The van der Waals surface area contributed by atoms with Gasteiger partial charge in [0.25, 0.3) is 0 Å². The lowest BCUT2D eigenvalue weighted by Gasteiger charge is -2.13. The number of nitrogens with zero attached hydrogens (tertiary/aromatic N) is 1. The standard InChI is InChI=1S/C24H20N2/c25-19-9-5-7-17(15-19)18-8-6-10-20(16-18)26-23-13-3-1-11-21(23)22-12-2-4-14-24(22)26/h1-4,6-8,10-16H,5,9,25H2. The number of aromatic nitrogens is 1. The fourth-order valence-corrected chi connectivity index (χ4v) is 3.95. The minimum Gasteiger partial charge on any atom is -0.402 e. The summed E-state index contributed by atoms with van der Waals surface area (Å²) in [6.07, 6.45) is 6.35. The van der Waals surface area contributed by atoms with Gasteiger partial charge in [-0.15, -0.1) is 0 Å². The van der Waals surface area contributed by atoms with Crippen molar-refractivity contribution < 1.29 is 0 Å². The number of nitrogens with two attached hydrogens (primary N) is 1. The van der Waals surface area contributed by atoms with Gasteiger partial charge in [-0.25, -0.2) is 0 Å². The zero-order valence-corrected chi connectivity index (χ0v) is 14.5. The summed E-state index contributed by atoms with van der Waals surface area (Å²) in [6.45, 7) is 0. The van der Waals surface area contributed by atoms with Gasteiger partial charge in [0.2, 0.25) is 0 Å². The van der Waals surface area contributed by atoms with Crippen LogP contribution >= 0.6 is 0 Å². The van der Waals surface area contributed by atoms with Gasteiger partial charge in [-0.05, 0) is 54.3 Å². The fraction of sp³-hybridized carbons (Fsp3) is 0.0833. The average molecular weight is 336 g/mol. The second kappa shape index (κ2) is 5.92. The van der Waals surface area contributed by atoms with E-state index in [1.54, 1.807) is 0 Å². The van der Waals surface area contributed by atoms with Crippen LogP contribution in [0.3, 0.4) is 0 Å². The lowest BCUT2D eigenvalue weighted by Crippen LogP contribution is -2.01. The number of para-hydroxylation sites is 2. The quantitative estimate of drug-likeness (QED) is 0.492. The first kappa shape index (κ1) is 15.0. The zero-order chi connectivity index (χ0) is 17.5. The van der Waals surface area contributed by atoms with Crippen LogP contribution in [0, 0.1) is 0 Å². The Morgan fingerprint density at radius 3 is 2.15 bits per heavy atom. The van der Waals surface area contributed by atoms with Crippen molar-refractivity contribution in [3.8, 4) is 5.69 Å². The summed E-state index contributed by atoms with van der Waals surface area (Å²) in [6, 6.07) is 26.0. The summed E-state index contributed by atoms with van der Waals surface area (Å²) < 4.78 is 2.35. The van der Waals surface area contributed by atoms with Crippen LogP contribution in [0.5, 0.6) is 0 Å². The highest BCUT2D eigenvalue weighted by Crippen LogP contribution is 2.33. The topological polar surface area (TPSA) is 30.9 Å². The minimum absolute atomic E-state index is 0.954. The predicted molar refractivity (Wildman–Crippen MR) is 110 cm³/mol. The molecular formula is C24H20N2. The zero-order valence-electron chi connectivity index (χ0n) is 14.5. The van der Waals surface area contributed by atoms with E-state index in [0.717, 1.165) is 18.5 Å². The molecule has 3 aromatic carbocycles. The summed E-state index contributed by atoms with van der Waals surface area (Å²) >= 11 is 0. The largest absolute Gasteiger partial charge is 0.402 e. The highest BCUT2D eigenvalue weighted by molar-refractivity contribution is 6.09. The first-order valence-corrected chi connectivity index (χ1v) is 9.06. The molecule has 2 heteroatoms. The molecule has 1 aliphatic carbocycles. The highest BCUT2D eigenvalue weighted by atomic mass is 15.0. The Balaban J connectivity index is 1.76. The Morgan fingerprint density at radius 1 is 0.769 bits per heavy atom. The Labute approximate surface area is 152 Å². The maximum absolute atomic E-state index is 6.06. The molecule has 2 nitrogen and oxygen atoms in total. The van der Waals surface area contributed by atoms with E-state index in [-0.39, 0.29) is 0 Å². The van der Waals surface area contributed by atoms with Crippen LogP contribution in [0.15, 0.2) is 90.6 Å². The van der Waals surface area contributed by atoms with Crippen LogP contribution in [0.2, 0.25) is 0 Å². The van der Waals surface area contributed by atoms with Gasteiger partial charge in [-0.3, -0.25) is 0 Å². The monoisotopic (exact) mass is 336 g/mol. The molecule has 0 amide bonds. The van der Waals surface area contributed by atoms with E-state index >= 15 is 0 Å². The van der Waals surface area contributed by atoms with Crippen molar-refractivity contribution >= 4 is 27.4 Å². The van der Waals surface area contributed by atoms with E-state index in [9.17, 15) is 0 Å². The highest BCUT2D eigenvalue weighted by Gasteiger charge is 2.12. The smallest absolute Gasteiger partial charge is 0.0541 e. The van der Waals surface area contributed by atoms with Crippen molar-refractivity contribution in [3.63, 3.8) is 0 Å². The van der Waals surface area contributed by atoms with E-state index in [1.807, 2.05) is 0 Å². The second-order valence-electron chi connectivity index (χ2n) is 6.84. The van der Waals surface area contributed by atoms with Crippen molar-refractivity contribution in [2.45, 2.75) is 12.8 Å². The van der Waals surface area contributed by atoms with Crippen LogP contribution in [-0.4, -0.2) is 4.57 Å². The number of benzene rings is 3. The van der Waals surface area contributed by atoms with Crippen LogP contribution in [0.4, 0.5) is 0 Å². The second-order valence-corrected chi connectivity index (χ2v) is 6.84. The van der Waals surface area contributed by atoms with E-state index in [2.05, 4.69) is 89.5 Å². The summed E-state index contributed by atoms with van der Waals surface area (Å²) in [4.78, 5) is 0. The van der Waals surface area contributed by atoms with Crippen molar-refractivity contribution in [1.82, 2.24) is 4.57 Å². The van der Waals surface area contributed by atoms with Crippen LogP contribution in [-0.2, 0) is 0 Å². The molecule has 0 fully saturated rings. The van der Waals surface area contributed by atoms with Gasteiger partial charge >= 0.3 is 0 Å². The molecule has 0 atom stereocenters. The molecule has 1 aromatic heterocycles. The van der Waals surface area contributed by atoms with E-state index in [1.165, 1.54) is 38.6 Å². The van der Waals surface area contributed by atoms with Gasteiger partial charge in [0.05, 0.1) is 11.0 Å². The van der Waals surface area contributed by atoms with E-state index < -0.39 is 0 Å². The molecule has 126 valence electrons. The molecule has 0 spiro atoms. The van der Waals surface area contributed by atoms with Crippen LogP contribution < -0.4 is 5.73 Å². The van der Waals surface area contributed by atoms with Crippen molar-refractivity contribution in [3.05, 3.63) is 96.2 Å². The summed E-state index contributed by atoms with van der Waals surface area (Å²) in [5.74, 6) is 0. The third-order valence-corrected chi connectivity index (χ3v) is 5.16. The molecule has 0 aliphatic heterocycles. The molecule has 1 heterocycles. The Kier molecular flexibility index (Phi) is 3.42. The number of fused-ring (bicyclic) bond motifs is 3. The SMILES string of the molecule is NC1=CC(c2cccc(-n3c4ccccc4c4ccccc43)c2)=CCC1. The molecule has 5 rings (SSSR count). The minimum atomic E-state index is 0.954. The first-order chi connectivity index (χ1) is 12.8. The van der Waals surface area contributed by atoms with Crippen molar-refractivity contribution in [1.29, 1.82) is 0 Å². The molecule has 0 bridgehead atoms. The molecule has 1 aliphatic rings.